The van der Waals surface area contributed by atoms with Gasteiger partial charge in [0.05, 0.1) is 24.1 Å². The number of anilines is 2. The SMILES string of the molecule is C=C1c2ccc(CCC(=O)N3CC4CN(CCCN5CCC(n6cc(-c7cnc(N)c(C(=O)O[C@@H](C(=O)Nc8ccc(F)cc8)c8ccccc8)n7)cn6)CC5)CC4C3)cc2C(=O)N1C1CCC(=O)NC1=O. The number of aryl methyl sites for hydroxylation is 1. The fourth-order valence-corrected chi connectivity index (χ4v) is 10.8. The quantitative estimate of drug-likeness (QED) is 0.0943. The number of esters is 1. The standard InChI is InChI=1S/C53H56FN11O7/c1-32-41-14-8-33(24-42(41)52(70)65(32)44-15-16-45(66)60-50(44)68)9-17-46(67)63-29-36-27-62(28-37(36)30-63)21-5-20-61-22-18-40(19-23-61)64-31-35(25-57-64)43-26-56-49(55)47(59-43)53(71)72-48(34-6-3-2-4-7-34)51(69)58-39-12-10-38(54)11-13-39/h2-4,6-8,10-14,24-26,31,36-37,40,44,48H,1,5,9,15-23,27-30H2,(H2,55,56)(H,58,69)(H,60,66,68)/t36?,37?,44?,48-/m1/s1. The number of fused-ring (bicyclic) bond motifs is 2. The van der Waals surface area contributed by atoms with Crippen molar-refractivity contribution in [2.75, 3.05) is 63.4 Å². The molecule has 72 heavy (non-hydrogen) atoms. The van der Waals surface area contributed by atoms with Crippen LogP contribution in [0.15, 0.2) is 98.0 Å². The molecule has 5 amide bonds. The predicted octanol–water partition coefficient (Wildman–Crippen LogP) is 4.88. The van der Waals surface area contributed by atoms with Crippen LogP contribution in [0.4, 0.5) is 15.9 Å². The van der Waals surface area contributed by atoms with Gasteiger partial charge in [-0.25, -0.2) is 19.2 Å². The molecule has 0 saturated carbocycles. The van der Waals surface area contributed by atoms with Gasteiger partial charge in [-0.2, -0.15) is 5.10 Å². The summed E-state index contributed by atoms with van der Waals surface area (Å²) >= 11 is 0. The number of hydrogen-bond donors (Lipinski definition) is 3. The number of nitrogens with two attached hydrogens (primary N) is 1. The molecule has 4 atom stereocenters. The van der Waals surface area contributed by atoms with Crippen LogP contribution in [-0.2, 0) is 30.3 Å². The van der Waals surface area contributed by atoms with Crippen LogP contribution in [0.3, 0.4) is 0 Å². The van der Waals surface area contributed by atoms with Crippen LogP contribution in [0, 0.1) is 17.7 Å². The third-order valence-corrected chi connectivity index (χ3v) is 14.6. The number of nitrogens with one attached hydrogen (secondary N) is 2. The first-order valence-corrected chi connectivity index (χ1v) is 24.6. The van der Waals surface area contributed by atoms with Gasteiger partial charge in [0.2, 0.25) is 23.8 Å². The van der Waals surface area contributed by atoms with Crippen LogP contribution in [0.25, 0.3) is 17.0 Å². The molecule has 7 heterocycles. The minimum atomic E-state index is -1.36. The van der Waals surface area contributed by atoms with E-state index in [1.807, 2.05) is 34.0 Å². The molecule has 0 radical (unpaired) electrons. The number of amides is 5. The van der Waals surface area contributed by atoms with E-state index < -0.39 is 35.7 Å². The van der Waals surface area contributed by atoms with Crippen LogP contribution in [-0.4, -0.2) is 133 Å². The van der Waals surface area contributed by atoms with Crippen molar-refractivity contribution in [3.8, 4) is 11.3 Å². The van der Waals surface area contributed by atoms with E-state index in [0.29, 0.717) is 64.0 Å². The largest absolute Gasteiger partial charge is 0.442 e. The molecule has 3 unspecified atom stereocenters. The Morgan fingerprint density at radius 3 is 2.36 bits per heavy atom. The summed E-state index contributed by atoms with van der Waals surface area (Å²) in [4.78, 5) is 95.2. The molecule has 3 aromatic carbocycles. The number of imide groups is 1. The van der Waals surface area contributed by atoms with Crippen LogP contribution in [0.5, 0.6) is 0 Å². The highest BCUT2D eigenvalue weighted by atomic mass is 19.1. The first-order chi connectivity index (χ1) is 34.8. The fourth-order valence-electron chi connectivity index (χ4n) is 10.8. The van der Waals surface area contributed by atoms with E-state index >= 15 is 0 Å². The fraction of sp³-hybridized carbons (Fsp3) is 0.377. The number of ether oxygens (including phenoxy) is 1. The molecule has 4 N–H and O–H groups in total. The molecule has 4 saturated heterocycles. The van der Waals surface area contributed by atoms with Crippen LogP contribution in [0.1, 0.15) is 88.2 Å². The monoisotopic (exact) mass is 977 g/mol. The summed E-state index contributed by atoms with van der Waals surface area (Å²) < 4.78 is 21.2. The number of carbonyl (C=O) groups is 6. The van der Waals surface area contributed by atoms with Gasteiger partial charge in [0.25, 0.3) is 11.8 Å². The lowest BCUT2D eigenvalue weighted by molar-refractivity contribution is -0.136. The number of piperidine rings is 2. The number of rotatable bonds is 15. The highest BCUT2D eigenvalue weighted by molar-refractivity contribution is 6.12. The number of benzene rings is 3. The second-order valence-electron chi connectivity index (χ2n) is 19.4. The summed E-state index contributed by atoms with van der Waals surface area (Å²) in [5.74, 6) is -2.27. The van der Waals surface area contributed by atoms with Gasteiger partial charge < -0.3 is 30.5 Å². The molecular weight excluding hydrogens is 922 g/mol. The molecule has 19 heteroatoms. The van der Waals surface area contributed by atoms with Crippen molar-refractivity contribution >= 4 is 52.7 Å². The molecular formula is C53H56FN11O7. The number of likely N-dealkylation sites (tertiary alicyclic amines) is 3. The number of nitrogens with zero attached hydrogens (tertiary/aromatic N) is 8. The second kappa shape index (κ2) is 20.6. The van der Waals surface area contributed by atoms with Crippen molar-refractivity contribution < 1.29 is 37.9 Å². The highest BCUT2D eigenvalue weighted by Gasteiger charge is 2.43. The number of nitrogen functional groups attached to an aromatic ring is 1. The van der Waals surface area contributed by atoms with Crippen LogP contribution >= 0.6 is 0 Å². The predicted molar refractivity (Wildman–Crippen MR) is 263 cm³/mol. The van der Waals surface area contributed by atoms with Gasteiger partial charge in [-0.15, -0.1) is 0 Å². The second-order valence-corrected chi connectivity index (χ2v) is 19.4. The van der Waals surface area contributed by atoms with E-state index in [4.69, 9.17) is 10.5 Å². The minimum Gasteiger partial charge on any atom is -0.442 e. The number of hydrogen-bond acceptors (Lipinski definition) is 13. The van der Waals surface area contributed by atoms with Gasteiger partial charge in [0.15, 0.2) is 11.5 Å². The highest BCUT2D eigenvalue weighted by Crippen LogP contribution is 2.37. The molecule has 10 rings (SSSR count). The zero-order valence-electron chi connectivity index (χ0n) is 39.8. The Labute approximate surface area is 415 Å². The van der Waals surface area contributed by atoms with Gasteiger partial charge in [-0.3, -0.25) is 38.9 Å². The van der Waals surface area contributed by atoms with E-state index in [-0.39, 0.29) is 48.1 Å². The van der Waals surface area contributed by atoms with Crippen molar-refractivity contribution in [3.05, 3.63) is 132 Å². The van der Waals surface area contributed by atoms with Gasteiger partial charge in [0.1, 0.15) is 11.9 Å². The Morgan fingerprint density at radius 2 is 1.62 bits per heavy atom. The lowest BCUT2D eigenvalue weighted by atomic mass is 10.0. The van der Waals surface area contributed by atoms with E-state index in [9.17, 15) is 33.2 Å². The van der Waals surface area contributed by atoms with E-state index in [2.05, 4.69) is 42.1 Å². The van der Waals surface area contributed by atoms with Gasteiger partial charge >= 0.3 is 5.97 Å². The van der Waals surface area contributed by atoms with Crippen LogP contribution < -0.4 is 16.4 Å². The van der Waals surface area contributed by atoms with Crippen molar-refractivity contribution in [2.24, 2.45) is 11.8 Å². The number of carbonyl (C=O) groups excluding carboxylic acids is 6. The Bertz CT molecular complexity index is 2910. The summed E-state index contributed by atoms with van der Waals surface area (Å²) in [6.07, 6.45) is 7.88. The molecule has 0 spiro atoms. The number of halogens is 1. The molecule has 5 aliphatic rings. The lowest BCUT2D eigenvalue weighted by Crippen LogP contribution is -2.52. The molecule has 372 valence electrons. The number of aromatic nitrogens is 4. The Morgan fingerprint density at radius 1 is 0.889 bits per heavy atom. The Kier molecular flexibility index (Phi) is 13.7. The molecule has 5 aliphatic heterocycles. The van der Waals surface area contributed by atoms with Gasteiger partial charge in [-0.1, -0.05) is 49.0 Å². The third-order valence-electron chi connectivity index (χ3n) is 14.6. The van der Waals surface area contributed by atoms with Crippen molar-refractivity contribution in [2.45, 2.75) is 63.1 Å². The van der Waals surface area contributed by atoms with Crippen molar-refractivity contribution in [3.63, 3.8) is 0 Å². The molecule has 0 aliphatic carbocycles. The summed E-state index contributed by atoms with van der Waals surface area (Å²) in [6, 6.07) is 18.7. The topological polar surface area (TPSA) is 218 Å². The van der Waals surface area contributed by atoms with Crippen molar-refractivity contribution in [1.82, 2.24) is 44.7 Å². The average Bonchev–Trinajstić information content (AvgIpc) is 4.17. The van der Waals surface area contributed by atoms with Crippen molar-refractivity contribution in [1.29, 1.82) is 0 Å². The van der Waals surface area contributed by atoms with E-state index in [0.717, 1.165) is 77.2 Å². The van der Waals surface area contributed by atoms with Gasteiger partial charge in [-0.05, 0) is 92.9 Å². The zero-order chi connectivity index (χ0) is 50.0. The molecule has 5 aromatic rings. The zero-order valence-corrected chi connectivity index (χ0v) is 39.8. The smallest absolute Gasteiger partial charge is 0.361 e. The lowest BCUT2D eigenvalue weighted by Gasteiger charge is -2.32. The molecule has 4 fully saturated rings. The summed E-state index contributed by atoms with van der Waals surface area (Å²) in [6.45, 7) is 11.5. The summed E-state index contributed by atoms with van der Waals surface area (Å²) in [5.41, 5.74) is 10.1. The van der Waals surface area contributed by atoms with E-state index in [1.54, 1.807) is 36.5 Å². The average molecular weight is 978 g/mol. The maximum Gasteiger partial charge on any atom is 0.361 e. The third kappa shape index (κ3) is 10.2. The first kappa shape index (κ1) is 48.0. The normalized spacial score (nSPS) is 20.9. The molecule has 0 bridgehead atoms. The van der Waals surface area contributed by atoms with Crippen LogP contribution in [0.2, 0.25) is 0 Å². The maximum absolute atomic E-state index is 13.6. The Balaban J connectivity index is 0.651. The van der Waals surface area contributed by atoms with Gasteiger partial charge in [0, 0.05) is 91.9 Å². The molecule has 18 nitrogen and oxygen atoms in total. The Hall–Kier alpha value is -7.64. The first-order valence-electron chi connectivity index (χ1n) is 24.6. The maximum atomic E-state index is 13.6. The summed E-state index contributed by atoms with van der Waals surface area (Å²) in [7, 11) is 0. The molecule has 2 aromatic heterocycles. The minimum absolute atomic E-state index is 0.125. The summed E-state index contributed by atoms with van der Waals surface area (Å²) in [5, 5.41) is 9.65. The van der Waals surface area contributed by atoms with E-state index in [1.165, 1.54) is 35.4 Å².